The fourth-order valence-corrected chi connectivity index (χ4v) is 2.06. The largest absolute Gasteiger partial charge is 0.477 e. The van der Waals surface area contributed by atoms with Gasteiger partial charge >= 0.3 is 5.97 Å². The zero-order valence-corrected chi connectivity index (χ0v) is 10.6. The van der Waals surface area contributed by atoms with Crippen LogP contribution >= 0.6 is 0 Å². The van der Waals surface area contributed by atoms with Gasteiger partial charge in [0.1, 0.15) is 5.69 Å². The lowest BCUT2D eigenvalue weighted by atomic mass is 10.1. The molecule has 4 nitrogen and oxygen atoms in total. The van der Waals surface area contributed by atoms with Gasteiger partial charge in [-0.05, 0) is 18.2 Å². The Morgan fingerprint density at radius 2 is 1.90 bits per heavy atom. The van der Waals surface area contributed by atoms with Crippen LogP contribution in [-0.4, -0.2) is 22.3 Å². The van der Waals surface area contributed by atoms with Crippen molar-refractivity contribution in [1.29, 1.82) is 0 Å². The number of carboxylic acid groups (broad SMARTS) is 1. The number of hydrogen-bond donors (Lipinski definition) is 2. The molecule has 0 aliphatic rings. The number of aromatic carboxylic acids is 1. The molecule has 0 aliphatic carbocycles. The number of aromatic nitrogens is 1. The number of nitrogens with zero attached hydrogens (tertiary/aromatic N) is 1. The third kappa shape index (κ3) is 2.31. The summed E-state index contributed by atoms with van der Waals surface area (Å²) in [5.41, 5.74) is 2.68. The van der Waals surface area contributed by atoms with E-state index in [4.69, 9.17) is 5.11 Å². The van der Waals surface area contributed by atoms with E-state index in [0.717, 1.165) is 22.2 Å². The van der Waals surface area contributed by atoms with Crippen LogP contribution in [0, 0.1) is 0 Å². The van der Waals surface area contributed by atoms with Crippen LogP contribution in [0.2, 0.25) is 0 Å². The highest BCUT2D eigenvalue weighted by molar-refractivity contribution is 6.02. The van der Waals surface area contributed by atoms with E-state index in [-0.39, 0.29) is 5.69 Å². The van der Waals surface area contributed by atoms with E-state index >= 15 is 0 Å². The summed E-state index contributed by atoms with van der Waals surface area (Å²) in [5, 5.41) is 9.88. The minimum Gasteiger partial charge on any atom is -0.477 e. The first-order valence-corrected chi connectivity index (χ1v) is 6.18. The maximum absolute atomic E-state index is 11.0. The third-order valence-electron chi connectivity index (χ3n) is 3.03. The molecule has 0 spiro atoms. The maximum atomic E-state index is 11.0. The minimum atomic E-state index is -0.966. The van der Waals surface area contributed by atoms with Crippen LogP contribution in [-0.2, 0) is 0 Å². The lowest BCUT2D eigenvalue weighted by molar-refractivity contribution is 0.0691. The van der Waals surface area contributed by atoms with Crippen LogP contribution < -0.4 is 0 Å². The Bertz CT molecular complexity index is 789. The molecule has 0 atom stereocenters. The molecule has 2 N–H and O–H groups in total. The van der Waals surface area contributed by atoms with Gasteiger partial charge in [-0.15, -0.1) is 0 Å². The zero-order chi connectivity index (χ0) is 13.9. The summed E-state index contributed by atoms with van der Waals surface area (Å²) in [4.78, 5) is 18.3. The van der Waals surface area contributed by atoms with E-state index in [1.807, 2.05) is 48.5 Å². The molecule has 1 heterocycles. The molecule has 0 aliphatic heterocycles. The van der Waals surface area contributed by atoms with Crippen molar-refractivity contribution in [2.75, 3.05) is 0 Å². The molecule has 20 heavy (non-hydrogen) atoms. The summed E-state index contributed by atoms with van der Waals surface area (Å²) >= 11 is 0. The average Bonchev–Trinajstić information content (AvgIpc) is 2.91. The van der Waals surface area contributed by atoms with Crippen molar-refractivity contribution in [2.24, 2.45) is 4.99 Å². The van der Waals surface area contributed by atoms with Crippen LogP contribution in [0.15, 0.2) is 59.6 Å². The number of hydrogen-bond acceptors (Lipinski definition) is 2. The van der Waals surface area contributed by atoms with Gasteiger partial charge in [-0.3, -0.25) is 4.99 Å². The van der Waals surface area contributed by atoms with Crippen LogP contribution in [0.3, 0.4) is 0 Å². The third-order valence-corrected chi connectivity index (χ3v) is 3.03. The summed E-state index contributed by atoms with van der Waals surface area (Å²) in [6, 6.07) is 16.9. The Morgan fingerprint density at radius 3 is 2.65 bits per heavy atom. The predicted molar refractivity (Wildman–Crippen MR) is 79.0 cm³/mol. The van der Waals surface area contributed by atoms with Gasteiger partial charge in [0.05, 0.1) is 11.2 Å². The second-order valence-corrected chi connectivity index (χ2v) is 4.39. The average molecular weight is 264 g/mol. The molecular formula is C16H12N2O2. The van der Waals surface area contributed by atoms with E-state index in [9.17, 15) is 4.79 Å². The van der Waals surface area contributed by atoms with Crippen LogP contribution in [0.5, 0.6) is 0 Å². The number of nitrogens with one attached hydrogen (secondary N) is 1. The maximum Gasteiger partial charge on any atom is 0.352 e. The van der Waals surface area contributed by atoms with Gasteiger partial charge in [-0.1, -0.05) is 36.4 Å². The number of rotatable bonds is 3. The Hall–Kier alpha value is -2.88. The van der Waals surface area contributed by atoms with Gasteiger partial charge in [0, 0.05) is 17.2 Å². The number of fused-ring (bicyclic) bond motifs is 1. The standard InChI is InChI=1S/C16H12N2O2/c19-16(20)14-9-11-5-4-6-12(15(11)18-14)10-17-13-7-2-1-3-8-13/h1-10,18H,(H,19,20)/b17-10+. The predicted octanol–water partition coefficient (Wildman–Crippen LogP) is 3.62. The van der Waals surface area contributed by atoms with Gasteiger partial charge in [-0.25, -0.2) is 4.79 Å². The number of carboxylic acids is 1. The van der Waals surface area contributed by atoms with Crippen molar-refractivity contribution in [3.63, 3.8) is 0 Å². The summed E-state index contributed by atoms with van der Waals surface area (Å²) < 4.78 is 0. The number of aliphatic imine (C=N–C) groups is 1. The van der Waals surface area contributed by atoms with Crippen molar-refractivity contribution < 1.29 is 9.90 Å². The topological polar surface area (TPSA) is 65.4 Å². The fourth-order valence-electron chi connectivity index (χ4n) is 2.06. The van der Waals surface area contributed by atoms with Crippen LogP contribution in [0.25, 0.3) is 10.9 Å². The van der Waals surface area contributed by atoms with Crippen molar-refractivity contribution in [2.45, 2.75) is 0 Å². The normalized spacial score (nSPS) is 11.2. The quantitative estimate of drug-likeness (QED) is 0.709. The van der Waals surface area contributed by atoms with Gasteiger partial charge in [-0.2, -0.15) is 0 Å². The second kappa shape index (κ2) is 5.01. The van der Waals surface area contributed by atoms with Crippen LogP contribution in [0.4, 0.5) is 5.69 Å². The lowest BCUT2D eigenvalue weighted by Gasteiger charge is -1.96. The first-order valence-electron chi connectivity index (χ1n) is 6.18. The molecule has 0 saturated carbocycles. The van der Waals surface area contributed by atoms with E-state index < -0.39 is 5.97 Å². The van der Waals surface area contributed by atoms with Gasteiger partial charge in [0.25, 0.3) is 0 Å². The highest BCUT2D eigenvalue weighted by Gasteiger charge is 2.08. The molecule has 0 saturated heterocycles. The zero-order valence-electron chi connectivity index (χ0n) is 10.6. The number of para-hydroxylation sites is 2. The smallest absolute Gasteiger partial charge is 0.352 e. The molecule has 0 bridgehead atoms. The van der Waals surface area contributed by atoms with Gasteiger partial charge < -0.3 is 10.1 Å². The Morgan fingerprint density at radius 1 is 1.10 bits per heavy atom. The summed E-state index contributed by atoms with van der Waals surface area (Å²) in [5.74, 6) is -0.966. The number of benzene rings is 2. The van der Waals surface area contributed by atoms with E-state index in [2.05, 4.69) is 9.98 Å². The molecule has 0 unspecified atom stereocenters. The Balaban J connectivity index is 2.03. The SMILES string of the molecule is O=C(O)c1cc2cccc(/C=N/c3ccccc3)c2[nH]1. The summed E-state index contributed by atoms with van der Waals surface area (Å²) in [7, 11) is 0. The van der Waals surface area contributed by atoms with Crippen molar-refractivity contribution in [3.05, 3.63) is 65.9 Å². The minimum absolute atomic E-state index is 0.181. The van der Waals surface area contributed by atoms with E-state index in [1.165, 1.54) is 0 Å². The Kier molecular flexibility index (Phi) is 3.05. The molecule has 0 amide bonds. The molecule has 0 fully saturated rings. The molecule has 3 aromatic rings. The van der Waals surface area contributed by atoms with Crippen molar-refractivity contribution in [1.82, 2.24) is 4.98 Å². The number of carbonyl (C=O) groups is 1. The monoisotopic (exact) mass is 264 g/mol. The molecule has 2 aromatic carbocycles. The fraction of sp³-hybridized carbons (Fsp3) is 0. The van der Waals surface area contributed by atoms with E-state index in [0.29, 0.717) is 0 Å². The second-order valence-electron chi connectivity index (χ2n) is 4.39. The summed E-state index contributed by atoms with van der Waals surface area (Å²) in [6.07, 6.45) is 1.74. The first kappa shape index (κ1) is 12.2. The van der Waals surface area contributed by atoms with Crippen molar-refractivity contribution in [3.8, 4) is 0 Å². The lowest BCUT2D eigenvalue weighted by Crippen LogP contribution is -1.95. The molecule has 4 heteroatoms. The number of aromatic amines is 1. The number of H-pyrrole nitrogens is 1. The highest BCUT2D eigenvalue weighted by atomic mass is 16.4. The molecule has 0 radical (unpaired) electrons. The van der Waals surface area contributed by atoms with E-state index in [1.54, 1.807) is 12.3 Å². The first-order chi connectivity index (χ1) is 9.74. The molecule has 1 aromatic heterocycles. The molecular weight excluding hydrogens is 252 g/mol. The van der Waals surface area contributed by atoms with Crippen molar-refractivity contribution >= 4 is 28.8 Å². The Labute approximate surface area is 115 Å². The van der Waals surface area contributed by atoms with Crippen LogP contribution in [0.1, 0.15) is 16.1 Å². The molecule has 98 valence electrons. The summed E-state index contributed by atoms with van der Waals surface area (Å²) in [6.45, 7) is 0. The molecule has 3 rings (SSSR count). The highest BCUT2D eigenvalue weighted by Crippen LogP contribution is 2.19. The van der Waals surface area contributed by atoms with Gasteiger partial charge in [0.2, 0.25) is 0 Å². The van der Waals surface area contributed by atoms with Gasteiger partial charge in [0.15, 0.2) is 0 Å².